The molecule has 3 nitrogen and oxygen atoms in total. The fourth-order valence-corrected chi connectivity index (χ4v) is 3.67. The summed E-state index contributed by atoms with van der Waals surface area (Å²) in [7, 11) is 0. The molecule has 1 heterocycles. The van der Waals surface area contributed by atoms with E-state index < -0.39 is 0 Å². The van der Waals surface area contributed by atoms with Crippen LogP contribution in [0.3, 0.4) is 0 Å². The van der Waals surface area contributed by atoms with E-state index in [-0.39, 0.29) is 16.4 Å². The Hall–Kier alpha value is -0.600. The van der Waals surface area contributed by atoms with Gasteiger partial charge in [-0.05, 0) is 19.6 Å². The first-order valence-electron chi connectivity index (χ1n) is 4.29. The summed E-state index contributed by atoms with van der Waals surface area (Å²) in [6, 6.07) is 1.95. The van der Waals surface area contributed by atoms with Crippen LogP contribution in [-0.4, -0.2) is 16.5 Å². The number of nitrogens with one attached hydrogen (secondary N) is 1. The van der Waals surface area contributed by atoms with Crippen molar-refractivity contribution >= 4 is 29.4 Å². The molecule has 0 spiro atoms. The Morgan fingerprint density at radius 1 is 1.64 bits per heavy atom. The molecule has 5 heteroatoms. The predicted molar refractivity (Wildman–Crippen MR) is 60.6 cm³/mol. The first-order chi connectivity index (χ1) is 6.50. The van der Waals surface area contributed by atoms with Gasteiger partial charge in [0.1, 0.15) is 11.6 Å². The van der Waals surface area contributed by atoms with E-state index in [0.29, 0.717) is 0 Å². The van der Waals surface area contributed by atoms with Crippen LogP contribution >= 0.6 is 23.5 Å². The van der Waals surface area contributed by atoms with E-state index in [1.807, 2.05) is 26.8 Å². The van der Waals surface area contributed by atoms with Crippen molar-refractivity contribution in [3.8, 4) is 6.07 Å². The minimum atomic E-state index is -0.311. The van der Waals surface area contributed by atoms with Crippen molar-refractivity contribution in [2.75, 3.05) is 5.75 Å². The van der Waals surface area contributed by atoms with E-state index in [1.54, 1.807) is 11.8 Å². The molecule has 0 unspecified atom stereocenters. The molecule has 1 aliphatic rings. The van der Waals surface area contributed by atoms with Gasteiger partial charge in [0.05, 0.1) is 9.11 Å². The van der Waals surface area contributed by atoms with Gasteiger partial charge in [-0.15, -0.1) is 11.8 Å². The highest BCUT2D eigenvalue weighted by Gasteiger charge is 2.32. The van der Waals surface area contributed by atoms with Crippen molar-refractivity contribution in [3.63, 3.8) is 0 Å². The lowest BCUT2D eigenvalue weighted by Gasteiger charge is -2.30. The van der Waals surface area contributed by atoms with Crippen LogP contribution in [0.1, 0.15) is 20.8 Å². The van der Waals surface area contributed by atoms with Crippen LogP contribution in [0.4, 0.5) is 0 Å². The maximum Gasteiger partial charge on any atom is 0.264 e. The van der Waals surface area contributed by atoms with E-state index in [2.05, 4.69) is 5.32 Å². The molecule has 76 valence electrons. The zero-order chi connectivity index (χ0) is 10.8. The van der Waals surface area contributed by atoms with Gasteiger partial charge in [0.2, 0.25) is 0 Å². The molecular weight excluding hydrogens is 216 g/mol. The second kappa shape index (κ2) is 4.28. The molecule has 0 aromatic carbocycles. The molecule has 1 rings (SSSR count). The summed E-state index contributed by atoms with van der Waals surface area (Å²) < 4.78 is 0.837. The highest BCUT2D eigenvalue weighted by atomic mass is 32.2. The largest absolute Gasteiger partial charge is 0.337 e. The van der Waals surface area contributed by atoms with Gasteiger partial charge < -0.3 is 5.32 Å². The maximum absolute atomic E-state index is 11.5. The summed E-state index contributed by atoms with van der Waals surface area (Å²) in [4.78, 5) is 11.2. The fraction of sp³-hybridized carbons (Fsp3) is 0.556. The molecular formula is C9H12N2OS2. The number of rotatable bonds is 2. The van der Waals surface area contributed by atoms with Crippen molar-refractivity contribution < 1.29 is 4.79 Å². The smallest absolute Gasteiger partial charge is 0.264 e. The number of carbonyl (C=O) groups is 1. The van der Waals surface area contributed by atoms with Gasteiger partial charge in [-0.1, -0.05) is 18.7 Å². The van der Waals surface area contributed by atoms with Crippen molar-refractivity contribution in [2.45, 2.75) is 25.6 Å². The average molecular weight is 228 g/mol. The van der Waals surface area contributed by atoms with Crippen molar-refractivity contribution in [2.24, 2.45) is 0 Å². The Balaban J connectivity index is 3.03. The summed E-state index contributed by atoms with van der Waals surface area (Å²) in [5.41, 5.74) is 0.251. The molecule has 0 bridgehead atoms. The lowest BCUT2D eigenvalue weighted by molar-refractivity contribution is -0.117. The molecule has 0 aliphatic carbocycles. The molecule has 0 aromatic rings. The SMILES string of the molecule is CCSC1=C(C#N)C(=O)NC(C)(C)S1. The molecule has 14 heavy (non-hydrogen) atoms. The molecule has 0 aromatic heterocycles. The van der Waals surface area contributed by atoms with Gasteiger partial charge in [0.25, 0.3) is 5.91 Å². The van der Waals surface area contributed by atoms with E-state index >= 15 is 0 Å². The lowest BCUT2D eigenvalue weighted by Crippen LogP contribution is -2.44. The Morgan fingerprint density at radius 3 is 2.79 bits per heavy atom. The minimum absolute atomic E-state index is 0.251. The van der Waals surface area contributed by atoms with Crippen LogP contribution in [0.25, 0.3) is 0 Å². The third-order valence-electron chi connectivity index (χ3n) is 1.58. The number of nitriles is 1. The molecule has 1 aliphatic heterocycles. The normalized spacial score (nSPS) is 20.3. The molecule has 0 radical (unpaired) electrons. The van der Waals surface area contributed by atoms with Gasteiger partial charge in [-0.3, -0.25) is 4.79 Å². The average Bonchev–Trinajstić information content (AvgIpc) is 2.02. The zero-order valence-electron chi connectivity index (χ0n) is 8.38. The first kappa shape index (κ1) is 11.5. The van der Waals surface area contributed by atoms with Gasteiger partial charge in [-0.25, -0.2) is 0 Å². The van der Waals surface area contributed by atoms with E-state index in [9.17, 15) is 4.79 Å². The van der Waals surface area contributed by atoms with E-state index in [1.165, 1.54) is 11.8 Å². The summed E-state index contributed by atoms with van der Waals surface area (Å²) in [5.74, 6) is 0.615. The quantitative estimate of drug-likeness (QED) is 0.786. The molecule has 0 saturated carbocycles. The summed E-state index contributed by atoms with van der Waals surface area (Å²) in [6.45, 7) is 5.87. The fourth-order valence-electron chi connectivity index (χ4n) is 1.07. The van der Waals surface area contributed by atoms with E-state index in [0.717, 1.165) is 9.99 Å². The van der Waals surface area contributed by atoms with Crippen LogP contribution in [0.15, 0.2) is 9.81 Å². The number of hydrogen-bond acceptors (Lipinski definition) is 4. The number of nitrogens with zero attached hydrogens (tertiary/aromatic N) is 1. The monoisotopic (exact) mass is 228 g/mol. The van der Waals surface area contributed by atoms with E-state index in [4.69, 9.17) is 5.26 Å². The topological polar surface area (TPSA) is 52.9 Å². The lowest BCUT2D eigenvalue weighted by atomic mass is 10.2. The van der Waals surface area contributed by atoms with Gasteiger partial charge in [0.15, 0.2) is 0 Å². The predicted octanol–water partition coefficient (Wildman–Crippen LogP) is 2.07. The number of amides is 1. The van der Waals surface area contributed by atoms with Crippen LogP contribution in [0.2, 0.25) is 0 Å². The number of hydrogen-bond donors (Lipinski definition) is 1. The Bertz CT molecular complexity index is 328. The number of thioether (sulfide) groups is 2. The van der Waals surface area contributed by atoms with Crippen molar-refractivity contribution in [3.05, 3.63) is 9.81 Å². The first-order valence-corrected chi connectivity index (χ1v) is 6.09. The Morgan fingerprint density at radius 2 is 2.29 bits per heavy atom. The van der Waals surface area contributed by atoms with Gasteiger partial charge in [-0.2, -0.15) is 5.26 Å². The second-order valence-corrected chi connectivity index (χ2v) is 6.44. The Kier molecular flexibility index (Phi) is 3.51. The highest BCUT2D eigenvalue weighted by Crippen LogP contribution is 2.41. The second-order valence-electron chi connectivity index (χ2n) is 3.27. The Labute approximate surface area is 92.3 Å². The van der Waals surface area contributed by atoms with Crippen LogP contribution in [0.5, 0.6) is 0 Å². The minimum Gasteiger partial charge on any atom is -0.337 e. The summed E-state index contributed by atoms with van der Waals surface area (Å²) in [5, 5.41) is 11.6. The zero-order valence-corrected chi connectivity index (χ0v) is 10.0. The molecule has 0 fully saturated rings. The van der Waals surface area contributed by atoms with Crippen LogP contribution in [0, 0.1) is 11.3 Å². The third kappa shape index (κ3) is 2.46. The highest BCUT2D eigenvalue weighted by molar-refractivity contribution is 8.22. The van der Waals surface area contributed by atoms with Crippen molar-refractivity contribution in [1.82, 2.24) is 5.32 Å². The van der Waals surface area contributed by atoms with Gasteiger partial charge >= 0.3 is 0 Å². The molecule has 0 atom stereocenters. The molecule has 1 N–H and O–H groups in total. The standard InChI is InChI=1S/C9H12N2OS2/c1-4-13-8-6(5-10)7(12)11-9(2,3)14-8/h4H2,1-3H3,(H,11,12). The number of carbonyl (C=O) groups excluding carboxylic acids is 1. The molecule has 0 saturated heterocycles. The van der Waals surface area contributed by atoms with Crippen LogP contribution in [-0.2, 0) is 4.79 Å². The summed E-state index contributed by atoms with van der Waals surface area (Å²) >= 11 is 3.09. The third-order valence-corrected chi connectivity index (χ3v) is 3.94. The maximum atomic E-state index is 11.5. The van der Waals surface area contributed by atoms with Crippen molar-refractivity contribution in [1.29, 1.82) is 5.26 Å². The van der Waals surface area contributed by atoms with Crippen LogP contribution < -0.4 is 5.32 Å². The summed E-state index contributed by atoms with van der Waals surface area (Å²) in [6.07, 6.45) is 0. The van der Waals surface area contributed by atoms with Gasteiger partial charge in [0, 0.05) is 0 Å². The molecule has 1 amide bonds.